The van der Waals surface area contributed by atoms with Crippen LogP contribution in [-0.2, 0) is 4.74 Å². The molecular weight excluding hydrogens is 274 g/mol. The summed E-state index contributed by atoms with van der Waals surface area (Å²) in [6, 6.07) is 17.7. The Morgan fingerprint density at radius 2 is 1.68 bits per heavy atom. The van der Waals surface area contributed by atoms with E-state index in [4.69, 9.17) is 10.00 Å². The molecule has 0 aromatic heterocycles. The van der Waals surface area contributed by atoms with Crippen LogP contribution in [0.2, 0.25) is 0 Å². The number of hydrogen-bond donors (Lipinski definition) is 0. The Hall–Kier alpha value is -2.64. The van der Waals surface area contributed by atoms with Crippen molar-refractivity contribution in [3.63, 3.8) is 0 Å². The van der Waals surface area contributed by atoms with Crippen molar-refractivity contribution >= 4 is 17.6 Å². The fourth-order valence-corrected chi connectivity index (χ4v) is 2.36. The van der Waals surface area contributed by atoms with E-state index in [1.807, 2.05) is 30.5 Å². The molecule has 1 aliphatic rings. The first kappa shape index (κ1) is 14.3. The molecule has 22 heavy (non-hydrogen) atoms. The molecular formula is C18H17N3O. The summed E-state index contributed by atoms with van der Waals surface area (Å²) in [6.07, 6.45) is 1.81. The van der Waals surface area contributed by atoms with E-state index in [0.29, 0.717) is 5.56 Å². The lowest BCUT2D eigenvalue weighted by Gasteiger charge is -2.28. The van der Waals surface area contributed by atoms with Gasteiger partial charge in [0.15, 0.2) is 0 Å². The zero-order valence-electron chi connectivity index (χ0n) is 12.3. The van der Waals surface area contributed by atoms with Crippen molar-refractivity contribution in [2.45, 2.75) is 0 Å². The highest BCUT2D eigenvalue weighted by atomic mass is 16.5. The van der Waals surface area contributed by atoms with Gasteiger partial charge >= 0.3 is 0 Å². The summed E-state index contributed by atoms with van der Waals surface area (Å²) in [6.45, 7) is 3.46. The van der Waals surface area contributed by atoms with Crippen LogP contribution in [0.5, 0.6) is 0 Å². The van der Waals surface area contributed by atoms with E-state index in [-0.39, 0.29) is 0 Å². The van der Waals surface area contributed by atoms with Gasteiger partial charge in [0.25, 0.3) is 0 Å². The maximum absolute atomic E-state index is 8.77. The third-order valence-electron chi connectivity index (χ3n) is 3.63. The molecule has 2 aromatic carbocycles. The Kier molecular flexibility index (Phi) is 4.47. The molecule has 0 unspecified atom stereocenters. The summed E-state index contributed by atoms with van der Waals surface area (Å²) in [7, 11) is 0. The molecule has 0 saturated carbocycles. The number of anilines is 1. The lowest BCUT2D eigenvalue weighted by atomic mass is 10.2. The van der Waals surface area contributed by atoms with Crippen LogP contribution in [0.1, 0.15) is 11.1 Å². The number of nitrogens with zero attached hydrogens (tertiary/aromatic N) is 3. The zero-order chi connectivity index (χ0) is 15.2. The minimum atomic E-state index is 0.659. The van der Waals surface area contributed by atoms with Gasteiger partial charge in [-0.05, 0) is 42.0 Å². The molecule has 0 bridgehead atoms. The molecule has 3 rings (SSSR count). The lowest BCUT2D eigenvalue weighted by Crippen LogP contribution is -2.36. The fraction of sp³-hybridized carbons (Fsp3) is 0.222. The van der Waals surface area contributed by atoms with E-state index in [1.165, 1.54) is 5.69 Å². The average Bonchev–Trinajstić information content (AvgIpc) is 2.61. The number of ether oxygens (including phenoxy) is 1. The molecule has 4 nitrogen and oxygen atoms in total. The van der Waals surface area contributed by atoms with Crippen molar-refractivity contribution in [3.8, 4) is 6.07 Å². The summed E-state index contributed by atoms with van der Waals surface area (Å²) in [5, 5.41) is 8.77. The second kappa shape index (κ2) is 6.88. The molecule has 4 heteroatoms. The van der Waals surface area contributed by atoms with Gasteiger partial charge in [-0.15, -0.1) is 0 Å². The smallest absolute Gasteiger partial charge is 0.0991 e. The third kappa shape index (κ3) is 3.51. The predicted octanol–water partition coefficient (Wildman–Crippen LogP) is 3.15. The molecule has 1 fully saturated rings. The van der Waals surface area contributed by atoms with Crippen LogP contribution in [0.15, 0.2) is 53.5 Å². The monoisotopic (exact) mass is 291 g/mol. The Balaban J connectivity index is 1.67. The third-order valence-corrected chi connectivity index (χ3v) is 3.63. The van der Waals surface area contributed by atoms with E-state index in [2.05, 4.69) is 28.1 Å². The molecule has 1 aliphatic heterocycles. The van der Waals surface area contributed by atoms with Gasteiger partial charge in [0.1, 0.15) is 0 Å². The number of morpholine rings is 1. The van der Waals surface area contributed by atoms with Crippen molar-refractivity contribution < 1.29 is 4.74 Å². The molecule has 0 atom stereocenters. The summed E-state index contributed by atoms with van der Waals surface area (Å²) in [5.74, 6) is 0. The standard InChI is InChI=1S/C18H17N3O/c19-13-15-1-3-16(4-2-15)14-20-17-5-7-18(8-6-17)21-9-11-22-12-10-21/h1-8,14H,9-12H2. The van der Waals surface area contributed by atoms with Gasteiger partial charge in [-0.3, -0.25) is 4.99 Å². The Bertz CT molecular complexity index is 678. The highest BCUT2D eigenvalue weighted by molar-refractivity contribution is 5.82. The molecule has 0 amide bonds. The van der Waals surface area contributed by atoms with E-state index in [1.54, 1.807) is 12.1 Å². The first-order valence-electron chi connectivity index (χ1n) is 7.32. The fourth-order valence-electron chi connectivity index (χ4n) is 2.36. The van der Waals surface area contributed by atoms with Gasteiger partial charge in [0, 0.05) is 25.0 Å². The summed E-state index contributed by atoms with van der Waals surface area (Å²) in [4.78, 5) is 6.78. The van der Waals surface area contributed by atoms with Gasteiger partial charge in [-0.2, -0.15) is 5.26 Å². The van der Waals surface area contributed by atoms with E-state index in [0.717, 1.165) is 37.6 Å². The molecule has 1 heterocycles. The van der Waals surface area contributed by atoms with Crippen LogP contribution < -0.4 is 4.90 Å². The summed E-state index contributed by atoms with van der Waals surface area (Å²) >= 11 is 0. The Labute approximate surface area is 130 Å². The maximum atomic E-state index is 8.77. The summed E-state index contributed by atoms with van der Waals surface area (Å²) < 4.78 is 5.36. The highest BCUT2D eigenvalue weighted by Gasteiger charge is 2.10. The molecule has 110 valence electrons. The highest BCUT2D eigenvalue weighted by Crippen LogP contribution is 2.20. The molecule has 0 spiro atoms. The average molecular weight is 291 g/mol. The number of nitriles is 1. The van der Waals surface area contributed by atoms with E-state index >= 15 is 0 Å². The predicted molar refractivity (Wildman–Crippen MR) is 87.9 cm³/mol. The quantitative estimate of drug-likeness (QED) is 0.816. The van der Waals surface area contributed by atoms with Gasteiger partial charge < -0.3 is 9.64 Å². The number of hydrogen-bond acceptors (Lipinski definition) is 4. The second-order valence-corrected chi connectivity index (χ2v) is 5.11. The molecule has 0 N–H and O–H groups in total. The molecule has 0 radical (unpaired) electrons. The van der Waals surface area contributed by atoms with Crippen molar-refractivity contribution in [3.05, 3.63) is 59.7 Å². The first-order chi connectivity index (χ1) is 10.8. The van der Waals surface area contributed by atoms with Crippen LogP contribution in [0, 0.1) is 11.3 Å². The van der Waals surface area contributed by atoms with Crippen molar-refractivity contribution in [1.29, 1.82) is 5.26 Å². The van der Waals surface area contributed by atoms with Crippen molar-refractivity contribution in [2.24, 2.45) is 4.99 Å². The van der Waals surface area contributed by atoms with Crippen molar-refractivity contribution in [2.75, 3.05) is 31.2 Å². The Morgan fingerprint density at radius 3 is 2.32 bits per heavy atom. The minimum absolute atomic E-state index is 0.659. The molecule has 1 saturated heterocycles. The zero-order valence-corrected chi connectivity index (χ0v) is 12.3. The van der Waals surface area contributed by atoms with Crippen LogP contribution in [0.4, 0.5) is 11.4 Å². The number of benzene rings is 2. The van der Waals surface area contributed by atoms with Crippen LogP contribution in [0.25, 0.3) is 0 Å². The van der Waals surface area contributed by atoms with Crippen molar-refractivity contribution in [1.82, 2.24) is 0 Å². The van der Waals surface area contributed by atoms with E-state index in [9.17, 15) is 0 Å². The number of aliphatic imine (C=N–C) groups is 1. The molecule has 0 aliphatic carbocycles. The van der Waals surface area contributed by atoms with Gasteiger partial charge in [0.05, 0.1) is 30.5 Å². The maximum Gasteiger partial charge on any atom is 0.0991 e. The van der Waals surface area contributed by atoms with Gasteiger partial charge in [-0.1, -0.05) is 12.1 Å². The number of rotatable bonds is 3. The minimum Gasteiger partial charge on any atom is -0.378 e. The van der Waals surface area contributed by atoms with Crippen LogP contribution in [0.3, 0.4) is 0 Å². The van der Waals surface area contributed by atoms with Gasteiger partial charge in [0.2, 0.25) is 0 Å². The summed E-state index contributed by atoms with van der Waals surface area (Å²) in [5.41, 5.74) is 3.77. The van der Waals surface area contributed by atoms with Crippen LogP contribution in [-0.4, -0.2) is 32.5 Å². The van der Waals surface area contributed by atoms with Gasteiger partial charge in [-0.25, -0.2) is 0 Å². The first-order valence-corrected chi connectivity index (χ1v) is 7.32. The lowest BCUT2D eigenvalue weighted by molar-refractivity contribution is 0.122. The topological polar surface area (TPSA) is 48.6 Å². The molecule has 2 aromatic rings. The largest absolute Gasteiger partial charge is 0.378 e. The SMILES string of the molecule is N#Cc1ccc(C=Nc2ccc(N3CCOCC3)cc2)cc1. The second-order valence-electron chi connectivity index (χ2n) is 5.11. The van der Waals surface area contributed by atoms with E-state index < -0.39 is 0 Å². The normalized spacial score (nSPS) is 15.0. The Morgan fingerprint density at radius 1 is 1.00 bits per heavy atom. The van der Waals surface area contributed by atoms with Crippen LogP contribution >= 0.6 is 0 Å².